The number of nitrogens with zero attached hydrogens (tertiary/aromatic N) is 2. The van der Waals surface area contributed by atoms with Gasteiger partial charge in [-0.1, -0.05) is 145 Å². The first-order valence-electron chi connectivity index (χ1n) is 14.8. The summed E-state index contributed by atoms with van der Waals surface area (Å²) in [6.07, 6.45) is 0. The SMILES string of the molecule is Cl.O=C(OCCN1CCN(CCOC(=O)C(Cl)(c2ccccc2)c2ccccc2)CC1)C(Cl)(c1ccccc1)c1ccccc1. The number of esters is 2. The Morgan fingerprint density at radius 3 is 1.00 bits per heavy atom. The van der Waals surface area contributed by atoms with Crippen LogP contribution < -0.4 is 0 Å². The zero-order valence-electron chi connectivity index (χ0n) is 24.9. The second kappa shape index (κ2) is 16.3. The molecule has 0 radical (unpaired) electrons. The molecule has 1 aliphatic rings. The minimum absolute atomic E-state index is 0. The van der Waals surface area contributed by atoms with Gasteiger partial charge in [-0.25, -0.2) is 9.59 Å². The number of carbonyl (C=O) groups is 2. The monoisotopic (exact) mass is 666 g/mol. The lowest BCUT2D eigenvalue weighted by Crippen LogP contribution is -2.48. The maximum Gasteiger partial charge on any atom is 0.336 e. The number of carbonyl (C=O) groups excluding carboxylic acids is 2. The van der Waals surface area contributed by atoms with E-state index in [0.717, 1.165) is 26.2 Å². The van der Waals surface area contributed by atoms with Gasteiger partial charge in [-0.05, 0) is 22.3 Å². The number of rotatable bonds is 12. The van der Waals surface area contributed by atoms with Crippen molar-refractivity contribution in [2.24, 2.45) is 0 Å². The summed E-state index contributed by atoms with van der Waals surface area (Å²) >= 11 is 14.0. The molecule has 1 fully saturated rings. The molecule has 0 saturated carbocycles. The van der Waals surface area contributed by atoms with Crippen LogP contribution in [0.5, 0.6) is 0 Å². The molecule has 0 aromatic heterocycles. The Labute approximate surface area is 281 Å². The maximum atomic E-state index is 13.4. The van der Waals surface area contributed by atoms with E-state index in [1.807, 2.05) is 121 Å². The van der Waals surface area contributed by atoms with Crippen molar-refractivity contribution in [1.29, 1.82) is 0 Å². The van der Waals surface area contributed by atoms with E-state index in [1.54, 1.807) is 0 Å². The molecule has 1 heterocycles. The molecule has 0 aliphatic carbocycles. The quantitative estimate of drug-likeness (QED) is 0.127. The van der Waals surface area contributed by atoms with E-state index in [2.05, 4.69) is 9.80 Å². The van der Waals surface area contributed by atoms with Crippen molar-refractivity contribution in [3.8, 4) is 0 Å². The van der Waals surface area contributed by atoms with Gasteiger partial charge in [0.05, 0.1) is 0 Å². The Kier molecular flexibility index (Phi) is 12.5. The standard InChI is InChI=1S/C36H36Cl2N2O4.ClH/c37-35(29-13-5-1-6-14-29,30-15-7-2-8-16-30)33(41)43-27-25-39-21-23-40(24-22-39)26-28-44-34(42)36(38,31-17-9-3-10-18-31)32-19-11-4-12-20-32;/h1-20H,21-28H2;1H. The first-order valence-corrected chi connectivity index (χ1v) is 15.6. The topological polar surface area (TPSA) is 59.1 Å². The van der Waals surface area contributed by atoms with Gasteiger partial charge in [-0.2, -0.15) is 0 Å². The third-order valence-electron chi connectivity index (χ3n) is 8.00. The molecule has 9 heteroatoms. The van der Waals surface area contributed by atoms with Crippen LogP contribution in [-0.2, 0) is 28.8 Å². The summed E-state index contributed by atoms with van der Waals surface area (Å²) in [5.41, 5.74) is 2.69. The fourth-order valence-electron chi connectivity index (χ4n) is 5.45. The lowest BCUT2D eigenvalue weighted by atomic mass is 9.90. The van der Waals surface area contributed by atoms with Crippen LogP contribution in [0.3, 0.4) is 0 Å². The highest BCUT2D eigenvalue weighted by Gasteiger charge is 2.43. The largest absolute Gasteiger partial charge is 0.463 e. The predicted molar refractivity (Wildman–Crippen MR) is 181 cm³/mol. The van der Waals surface area contributed by atoms with E-state index in [-0.39, 0.29) is 25.6 Å². The van der Waals surface area contributed by atoms with Crippen molar-refractivity contribution in [3.05, 3.63) is 144 Å². The summed E-state index contributed by atoms with van der Waals surface area (Å²) in [7, 11) is 0. The minimum atomic E-state index is -1.42. The Balaban J connectivity index is 0.00000461. The van der Waals surface area contributed by atoms with Crippen LogP contribution >= 0.6 is 35.6 Å². The van der Waals surface area contributed by atoms with Gasteiger partial charge in [0.25, 0.3) is 0 Å². The molecule has 236 valence electrons. The zero-order valence-corrected chi connectivity index (χ0v) is 27.2. The number of alkyl halides is 2. The summed E-state index contributed by atoms with van der Waals surface area (Å²) in [6, 6.07) is 37.2. The molecule has 5 rings (SSSR count). The van der Waals surface area contributed by atoms with Gasteiger partial charge in [-0.3, -0.25) is 9.80 Å². The average molecular weight is 668 g/mol. The minimum Gasteiger partial charge on any atom is -0.463 e. The van der Waals surface area contributed by atoms with E-state index in [4.69, 9.17) is 32.7 Å². The first-order chi connectivity index (χ1) is 21.4. The number of piperazine rings is 1. The third-order valence-corrected chi connectivity index (χ3v) is 9.18. The van der Waals surface area contributed by atoms with Gasteiger partial charge in [0.1, 0.15) is 13.2 Å². The first kappa shape index (κ1) is 34.5. The van der Waals surface area contributed by atoms with E-state index in [0.29, 0.717) is 35.3 Å². The number of hydrogen-bond acceptors (Lipinski definition) is 6. The molecule has 4 aromatic rings. The van der Waals surface area contributed by atoms with E-state index >= 15 is 0 Å². The van der Waals surface area contributed by atoms with E-state index in [1.165, 1.54) is 0 Å². The van der Waals surface area contributed by atoms with Crippen LogP contribution in [0.1, 0.15) is 22.3 Å². The number of hydrogen-bond donors (Lipinski definition) is 0. The van der Waals surface area contributed by atoms with Gasteiger partial charge >= 0.3 is 11.9 Å². The molecule has 0 unspecified atom stereocenters. The summed E-state index contributed by atoms with van der Waals surface area (Å²) in [5, 5.41) is 0. The van der Waals surface area contributed by atoms with Crippen LogP contribution in [0.25, 0.3) is 0 Å². The Morgan fingerprint density at radius 2 is 0.756 bits per heavy atom. The van der Waals surface area contributed by atoms with Crippen molar-refractivity contribution in [2.45, 2.75) is 9.75 Å². The van der Waals surface area contributed by atoms with Crippen molar-refractivity contribution in [2.75, 3.05) is 52.5 Å². The van der Waals surface area contributed by atoms with Crippen LogP contribution in [0.2, 0.25) is 0 Å². The highest BCUT2D eigenvalue weighted by molar-refractivity contribution is 6.36. The molecule has 0 bridgehead atoms. The van der Waals surface area contributed by atoms with E-state index < -0.39 is 21.7 Å². The molecule has 45 heavy (non-hydrogen) atoms. The fraction of sp³-hybridized carbons (Fsp3) is 0.278. The van der Waals surface area contributed by atoms with Crippen LogP contribution in [-0.4, -0.2) is 74.2 Å². The van der Waals surface area contributed by atoms with Gasteiger partial charge in [-0.15, -0.1) is 12.4 Å². The normalized spacial score (nSPS) is 14.3. The Hall–Kier alpha value is -3.39. The van der Waals surface area contributed by atoms with Crippen LogP contribution in [0.4, 0.5) is 0 Å². The molecule has 0 atom stereocenters. The fourth-order valence-corrected chi connectivity index (χ4v) is 6.06. The predicted octanol–water partition coefficient (Wildman–Crippen LogP) is 6.48. The van der Waals surface area contributed by atoms with Crippen molar-refractivity contribution in [1.82, 2.24) is 9.80 Å². The van der Waals surface area contributed by atoms with Crippen molar-refractivity contribution in [3.63, 3.8) is 0 Å². The van der Waals surface area contributed by atoms with Gasteiger partial charge in [0.2, 0.25) is 0 Å². The number of benzene rings is 4. The lowest BCUT2D eigenvalue weighted by Gasteiger charge is -2.35. The van der Waals surface area contributed by atoms with Gasteiger partial charge in [0.15, 0.2) is 9.75 Å². The molecule has 6 nitrogen and oxygen atoms in total. The molecular weight excluding hydrogens is 631 g/mol. The number of ether oxygens (including phenoxy) is 2. The highest BCUT2D eigenvalue weighted by Crippen LogP contribution is 2.39. The van der Waals surface area contributed by atoms with Crippen LogP contribution in [0, 0.1) is 0 Å². The van der Waals surface area contributed by atoms with Crippen LogP contribution in [0.15, 0.2) is 121 Å². The van der Waals surface area contributed by atoms with E-state index in [9.17, 15) is 9.59 Å². The number of halogens is 3. The highest BCUT2D eigenvalue weighted by atomic mass is 35.5. The summed E-state index contributed by atoms with van der Waals surface area (Å²) in [5.74, 6) is -0.975. The van der Waals surface area contributed by atoms with Gasteiger partial charge in [0, 0.05) is 39.3 Å². The summed E-state index contributed by atoms with van der Waals surface area (Å²) in [6.45, 7) is 4.92. The molecule has 0 amide bonds. The van der Waals surface area contributed by atoms with Crippen molar-refractivity contribution >= 4 is 47.5 Å². The smallest absolute Gasteiger partial charge is 0.336 e. The lowest BCUT2D eigenvalue weighted by molar-refractivity contribution is -0.147. The average Bonchev–Trinajstić information content (AvgIpc) is 3.09. The second-order valence-electron chi connectivity index (χ2n) is 10.7. The molecule has 1 aliphatic heterocycles. The second-order valence-corrected chi connectivity index (χ2v) is 11.9. The van der Waals surface area contributed by atoms with Gasteiger partial charge < -0.3 is 9.47 Å². The van der Waals surface area contributed by atoms with Crippen molar-refractivity contribution < 1.29 is 19.1 Å². The molecule has 1 saturated heterocycles. The zero-order chi connectivity index (χ0) is 30.8. The molecular formula is C36H37Cl3N2O4. The summed E-state index contributed by atoms with van der Waals surface area (Å²) in [4.78, 5) is 28.4. The third kappa shape index (κ3) is 8.07. The Morgan fingerprint density at radius 1 is 0.511 bits per heavy atom. The Bertz CT molecular complexity index is 1290. The molecule has 0 spiro atoms. The maximum absolute atomic E-state index is 13.4. The molecule has 0 N–H and O–H groups in total. The molecule has 4 aromatic carbocycles. The summed E-state index contributed by atoms with van der Waals surface area (Å²) < 4.78 is 11.5.